The minimum atomic E-state index is -0.171. The summed E-state index contributed by atoms with van der Waals surface area (Å²) in [6, 6.07) is 4.84. The molecule has 1 aromatic rings. The number of rotatable bonds is 1. The zero-order valence-electron chi connectivity index (χ0n) is 7.90. The average Bonchev–Trinajstić information content (AvgIpc) is 2.25. The number of guanidine groups is 1. The molecule has 0 atom stereocenters. The molecule has 0 heterocycles. The lowest BCUT2D eigenvalue weighted by molar-refractivity contribution is 0.474. The Balaban J connectivity index is 3.11. The van der Waals surface area contributed by atoms with Crippen LogP contribution in [0.4, 0.5) is 5.69 Å². The number of aliphatic imine (C=N–C) groups is 1. The van der Waals surface area contributed by atoms with Crippen molar-refractivity contribution in [3.63, 3.8) is 0 Å². The Kier molecular flexibility index (Phi) is 3.70. The third-order valence-corrected chi connectivity index (χ3v) is 2.47. The molecule has 7 heteroatoms. The van der Waals surface area contributed by atoms with E-state index >= 15 is 0 Å². The highest BCUT2D eigenvalue weighted by Gasteiger charge is 2.10. The molecule has 0 amide bonds. The monoisotopic (exact) mass is 279 g/mol. The number of phenols is 1. The molecule has 80 valence electrons. The van der Waals surface area contributed by atoms with Crippen molar-refractivity contribution in [1.82, 2.24) is 0 Å². The van der Waals surface area contributed by atoms with Crippen LogP contribution in [0.3, 0.4) is 0 Å². The van der Waals surface area contributed by atoms with E-state index in [-0.39, 0.29) is 21.9 Å². The molecule has 1 aromatic carbocycles. The molecule has 0 saturated carbocycles. The van der Waals surface area contributed by atoms with E-state index in [1.807, 2.05) is 6.07 Å². The van der Waals surface area contributed by atoms with Crippen LogP contribution in [0.15, 0.2) is 21.6 Å². The van der Waals surface area contributed by atoms with E-state index in [2.05, 4.69) is 26.2 Å². The average molecular weight is 280 g/mol. The summed E-state index contributed by atoms with van der Waals surface area (Å²) in [6.07, 6.45) is 1.50. The number of hydrogen-bond donors (Lipinski definition) is 3. The molecule has 0 bridgehead atoms. The first-order valence-electron chi connectivity index (χ1n) is 4.01. The van der Waals surface area contributed by atoms with E-state index in [0.717, 1.165) is 0 Å². The van der Waals surface area contributed by atoms with E-state index in [1.165, 1.54) is 18.3 Å². The third-order valence-electron chi connectivity index (χ3n) is 1.67. The Morgan fingerprint density at radius 3 is 2.75 bits per heavy atom. The van der Waals surface area contributed by atoms with Gasteiger partial charge >= 0.3 is 0 Å². The number of halogens is 1. The van der Waals surface area contributed by atoms with Crippen molar-refractivity contribution in [2.45, 2.75) is 0 Å². The maximum atomic E-state index is 9.67. The van der Waals surface area contributed by atoms with E-state index in [0.29, 0.717) is 5.56 Å². The van der Waals surface area contributed by atoms with Crippen molar-refractivity contribution in [3.8, 4) is 18.0 Å². The van der Waals surface area contributed by atoms with Gasteiger partial charge in [-0.1, -0.05) is 0 Å². The van der Waals surface area contributed by atoms with Crippen molar-refractivity contribution in [2.75, 3.05) is 5.32 Å². The zero-order chi connectivity index (χ0) is 12.1. The Hall–Kier alpha value is -2.25. The molecule has 0 fully saturated rings. The van der Waals surface area contributed by atoms with Crippen LogP contribution in [0.25, 0.3) is 0 Å². The maximum absolute atomic E-state index is 9.67. The zero-order valence-corrected chi connectivity index (χ0v) is 9.48. The van der Waals surface area contributed by atoms with Gasteiger partial charge in [0.25, 0.3) is 0 Å². The van der Waals surface area contributed by atoms with Gasteiger partial charge in [0, 0.05) is 0 Å². The molecule has 4 N–H and O–H groups in total. The number of nitrogens with two attached hydrogens (primary N) is 1. The molecule has 0 unspecified atom stereocenters. The topological polar surface area (TPSA) is 118 Å². The summed E-state index contributed by atoms with van der Waals surface area (Å²) in [7, 11) is 0. The predicted molar refractivity (Wildman–Crippen MR) is 61.4 cm³/mol. The molecule has 6 nitrogen and oxygen atoms in total. The van der Waals surface area contributed by atoms with Gasteiger partial charge in [0.1, 0.15) is 6.07 Å². The molecule has 1 rings (SSSR count). The molecular weight excluding hydrogens is 274 g/mol. The van der Waals surface area contributed by atoms with Gasteiger partial charge in [-0.05, 0) is 28.1 Å². The molecule has 0 aliphatic heterocycles. The maximum Gasteiger partial charge on any atom is 0.209 e. The molecule has 0 saturated heterocycles. The van der Waals surface area contributed by atoms with Crippen LogP contribution in [0.5, 0.6) is 5.75 Å². The van der Waals surface area contributed by atoms with Gasteiger partial charge in [0.2, 0.25) is 12.2 Å². The van der Waals surface area contributed by atoms with E-state index in [9.17, 15) is 5.11 Å². The van der Waals surface area contributed by atoms with Crippen LogP contribution in [-0.2, 0) is 0 Å². The summed E-state index contributed by atoms with van der Waals surface area (Å²) in [5.41, 5.74) is 5.87. The molecule has 0 spiro atoms. The number of hydrogen-bond acceptors (Lipinski definition) is 4. The van der Waals surface area contributed by atoms with E-state index in [4.69, 9.17) is 16.3 Å². The van der Waals surface area contributed by atoms with Gasteiger partial charge in [-0.2, -0.15) is 10.5 Å². The largest absolute Gasteiger partial charge is 0.505 e. The van der Waals surface area contributed by atoms with Gasteiger partial charge < -0.3 is 16.2 Å². The van der Waals surface area contributed by atoms with Gasteiger partial charge in [0.05, 0.1) is 15.7 Å². The Morgan fingerprint density at radius 1 is 1.50 bits per heavy atom. The Bertz CT molecular complexity index is 526. The fraction of sp³-hybridized carbons (Fsp3) is 0. The van der Waals surface area contributed by atoms with Crippen LogP contribution in [0.2, 0.25) is 0 Å². The van der Waals surface area contributed by atoms with Crippen LogP contribution in [0.1, 0.15) is 5.56 Å². The first-order valence-corrected chi connectivity index (χ1v) is 4.80. The number of phenolic OH excluding ortho intramolecular Hbond substituents is 1. The van der Waals surface area contributed by atoms with Crippen molar-refractivity contribution in [3.05, 3.63) is 22.2 Å². The summed E-state index contributed by atoms with van der Waals surface area (Å²) >= 11 is 3.06. The molecule has 16 heavy (non-hydrogen) atoms. The second-order valence-electron chi connectivity index (χ2n) is 2.66. The number of nitrogens with zero attached hydrogens (tertiary/aromatic N) is 3. The lowest BCUT2D eigenvalue weighted by Crippen LogP contribution is -2.22. The summed E-state index contributed by atoms with van der Waals surface area (Å²) in [5, 5.41) is 29.1. The minimum absolute atomic E-state index is 0.144. The van der Waals surface area contributed by atoms with Crippen molar-refractivity contribution in [2.24, 2.45) is 10.7 Å². The van der Waals surface area contributed by atoms with Gasteiger partial charge in [-0.15, -0.1) is 4.99 Å². The van der Waals surface area contributed by atoms with Crippen LogP contribution in [0, 0.1) is 22.8 Å². The van der Waals surface area contributed by atoms with Gasteiger partial charge in [-0.25, -0.2) is 0 Å². The highest BCUT2D eigenvalue weighted by molar-refractivity contribution is 9.10. The Morgan fingerprint density at radius 2 is 2.19 bits per heavy atom. The van der Waals surface area contributed by atoms with Gasteiger partial charge in [0.15, 0.2) is 5.75 Å². The highest BCUT2D eigenvalue weighted by atomic mass is 79.9. The summed E-state index contributed by atoms with van der Waals surface area (Å²) in [4.78, 5) is 3.23. The summed E-state index contributed by atoms with van der Waals surface area (Å²) < 4.78 is 0.254. The van der Waals surface area contributed by atoms with Crippen molar-refractivity contribution in [1.29, 1.82) is 10.5 Å². The number of anilines is 1. The highest BCUT2D eigenvalue weighted by Crippen LogP contribution is 2.34. The normalized spacial score (nSPS) is 10.3. The lowest BCUT2D eigenvalue weighted by Gasteiger charge is -2.08. The molecule has 0 aliphatic rings. The molecule has 0 aromatic heterocycles. The summed E-state index contributed by atoms with van der Waals surface area (Å²) in [5.74, 6) is -0.315. The second kappa shape index (κ2) is 5.01. The van der Waals surface area contributed by atoms with Crippen LogP contribution >= 0.6 is 15.9 Å². The van der Waals surface area contributed by atoms with E-state index < -0.39 is 0 Å². The van der Waals surface area contributed by atoms with Crippen LogP contribution < -0.4 is 11.1 Å². The SMILES string of the molecule is N#CN=C(N)Nc1ccc(C#N)c(Br)c1O. The van der Waals surface area contributed by atoms with Crippen molar-refractivity contribution >= 4 is 27.6 Å². The van der Waals surface area contributed by atoms with E-state index in [1.54, 1.807) is 0 Å². The van der Waals surface area contributed by atoms with Gasteiger partial charge in [-0.3, -0.25) is 0 Å². The molecular formula is C9H6BrN5O. The Labute approximate surface area is 99.8 Å². The lowest BCUT2D eigenvalue weighted by atomic mass is 10.2. The number of nitriles is 2. The molecule has 0 radical (unpaired) electrons. The van der Waals surface area contributed by atoms with Crippen molar-refractivity contribution < 1.29 is 5.11 Å². The predicted octanol–water partition coefficient (Wildman–Crippen LogP) is 1.23. The summed E-state index contributed by atoms with van der Waals surface area (Å²) in [6.45, 7) is 0. The fourth-order valence-electron chi connectivity index (χ4n) is 0.972. The van der Waals surface area contributed by atoms with Crippen LogP contribution in [-0.4, -0.2) is 11.1 Å². The quantitative estimate of drug-likeness (QED) is 0.309. The first kappa shape index (κ1) is 11.8. The first-order chi connectivity index (χ1) is 7.60. The minimum Gasteiger partial charge on any atom is -0.505 e. The number of nitrogens with one attached hydrogen (secondary N) is 1. The number of benzene rings is 1. The second-order valence-corrected chi connectivity index (χ2v) is 3.45. The number of aromatic hydroxyl groups is 1. The fourth-order valence-corrected chi connectivity index (χ4v) is 1.41. The third kappa shape index (κ3) is 2.41. The molecule has 0 aliphatic carbocycles. The standard InChI is InChI=1S/C9H6BrN5O/c10-7-5(3-11)1-2-6(8(7)16)15-9(13)14-4-12/h1-2,16H,(H3,13,14,15). The smallest absolute Gasteiger partial charge is 0.209 e.